The van der Waals surface area contributed by atoms with Crippen LogP contribution in [0.25, 0.3) is 11.0 Å². The summed E-state index contributed by atoms with van der Waals surface area (Å²) in [4.78, 5) is 32.4. The minimum Gasteiger partial charge on any atom is -0.378 e. The Labute approximate surface area is 168 Å². The number of ether oxygens (including phenoxy) is 1. The van der Waals surface area contributed by atoms with Crippen LogP contribution in [0.2, 0.25) is 0 Å². The number of pyridine rings is 1. The molecule has 1 fully saturated rings. The maximum Gasteiger partial charge on any atom is 0.256 e. The lowest BCUT2D eigenvalue weighted by atomic mass is 10.1. The number of nitrogens with zero attached hydrogens (tertiary/aromatic N) is 4. The van der Waals surface area contributed by atoms with Crippen LogP contribution in [-0.2, 0) is 11.8 Å². The molecule has 1 saturated heterocycles. The Morgan fingerprint density at radius 3 is 2.59 bits per heavy atom. The lowest BCUT2D eigenvalue weighted by molar-refractivity contribution is 0.0303. The molecule has 0 saturated carbocycles. The number of benzene rings is 1. The third kappa shape index (κ3) is 3.58. The average molecular weight is 393 g/mol. The summed E-state index contributed by atoms with van der Waals surface area (Å²) in [6.07, 6.45) is 0. The summed E-state index contributed by atoms with van der Waals surface area (Å²) in [6, 6.07) is 8.82. The number of hydrogen-bond donors (Lipinski definition) is 1. The van der Waals surface area contributed by atoms with Gasteiger partial charge in [0, 0.05) is 25.8 Å². The van der Waals surface area contributed by atoms with Gasteiger partial charge in [-0.15, -0.1) is 0 Å². The van der Waals surface area contributed by atoms with Crippen molar-refractivity contribution in [2.75, 3.05) is 31.6 Å². The maximum atomic E-state index is 13.2. The second kappa shape index (κ2) is 7.63. The number of morpholine rings is 1. The van der Waals surface area contributed by atoms with Crippen LogP contribution in [0.5, 0.6) is 0 Å². The normalized spacial score (nSPS) is 14.2. The van der Waals surface area contributed by atoms with E-state index in [-0.39, 0.29) is 11.8 Å². The Kier molecular flexibility index (Phi) is 5.02. The van der Waals surface area contributed by atoms with Gasteiger partial charge in [-0.3, -0.25) is 14.3 Å². The van der Waals surface area contributed by atoms with E-state index in [1.807, 2.05) is 13.8 Å². The summed E-state index contributed by atoms with van der Waals surface area (Å²) in [6.45, 7) is 5.82. The van der Waals surface area contributed by atoms with Crippen molar-refractivity contribution < 1.29 is 14.3 Å². The zero-order valence-electron chi connectivity index (χ0n) is 16.7. The molecule has 150 valence electrons. The van der Waals surface area contributed by atoms with Gasteiger partial charge in [-0.2, -0.15) is 5.10 Å². The molecule has 0 radical (unpaired) electrons. The predicted molar refractivity (Wildman–Crippen MR) is 109 cm³/mol. The van der Waals surface area contributed by atoms with Crippen molar-refractivity contribution in [2.24, 2.45) is 7.05 Å². The van der Waals surface area contributed by atoms with Crippen molar-refractivity contribution in [3.05, 3.63) is 52.8 Å². The highest BCUT2D eigenvalue weighted by molar-refractivity contribution is 6.14. The van der Waals surface area contributed by atoms with Gasteiger partial charge >= 0.3 is 0 Å². The average Bonchev–Trinajstić information content (AvgIpc) is 3.01. The molecular formula is C21H23N5O3. The highest BCUT2D eigenvalue weighted by atomic mass is 16.5. The number of amides is 2. The molecule has 1 N–H and O–H groups in total. The summed E-state index contributed by atoms with van der Waals surface area (Å²) in [5.41, 5.74) is 3.56. The van der Waals surface area contributed by atoms with Gasteiger partial charge in [0.25, 0.3) is 11.8 Å². The molecule has 2 aromatic heterocycles. The largest absolute Gasteiger partial charge is 0.378 e. The fraction of sp³-hybridized carbons (Fsp3) is 0.333. The number of carbonyl (C=O) groups is 2. The van der Waals surface area contributed by atoms with E-state index in [9.17, 15) is 9.59 Å². The van der Waals surface area contributed by atoms with Gasteiger partial charge in [0.1, 0.15) is 0 Å². The van der Waals surface area contributed by atoms with Gasteiger partial charge < -0.3 is 15.0 Å². The van der Waals surface area contributed by atoms with Crippen molar-refractivity contribution in [2.45, 2.75) is 13.8 Å². The molecule has 8 heteroatoms. The summed E-state index contributed by atoms with van der Waals surface area (Å²) in [5.74, 6) is -0.406. The zero-order valence-corrected chi connectivity index (χ0v) is 16.7. The lowest BCUT2D eigenvalue weighted by Gasteiger charge is -2.27. The molecule has 0 aliphatic carbocycles. The summed E-state index contributed by atoms with van der Waals surface area (Å²) in [7, 11) is 1.81. The SMILES string of the molecule is Cc1cc(C(=O)Nc2ccccc2C(=O)N2CCOCC2)c2c(C)nn(C)c2n1. The first-order valence-electron chi connectivity index (χ1n) is 9.54. The third-order valence-corrected chi connectivity index (χ3v) is 5.05. The molecule has 0 unspecified atom stereocenters. The van der Waals surface area contributed by atoms with E-state index < -0.39 is 0 Å². The van der Waals surface area contributed by atoms with Crippen molar-refractivity contribution in [1.82, 2.24) is 19.7 Å². The van der Waals surface area contributed by atoms with Crippen LogP contribution in [-0.4, -0.2) is 57.8 Å². The van der Waals surface area contributed by atoms with Crippen LogP contribution in [0.3, 0.4) is 0 Å². The highest BCUT2D eigenvalue weighted by Crippen LogP contribution is 2.24. The van der Waals surface area contributed by atoms with Crippen LogP contribution >= 0.6 is 0 Å². The fourth-order valence-corrected chi connectivity index (χ4v) is 3.65. The van der Waals surface area contributed by atoms with Crippen LogP contribution in [0.4, 0.5) is 5.69 Å². The number of aromatic nitrogens is 3. The van der Waals surface area contributed by atoms with E-state index in [0.717, 1.165) is 11.4 Å². The van der Waals surface area contributed by atoms with E-state index in [2.05, 4.69) is 15.4 Å². The van der Waals surface area contributed by atoms with E-state index in [0.29, 0.717) is 54.2 Å². The molecule has 3 heterocycles. The summed E-state index contributed by atoms with van der Waals surface area (Å²) < 4.78 is 7.00. The first-order chi connectivity index (χ1) is 14.0. The number of fused-ring (bicyclic) bond motifs is 1. The highest BCUT2D eigenvalue weighted by Gasteiger charge is 2.23. The summed E-state index contributed by atoms with van der Waals surface area (Å²) in [5, 5.41) is 8.03. The first-order valence-corrected chi connectivity index (χ1v) is 9.54. The topological polar surface area (TPSA) is 89.4 Å². The molecule has 0 atom stereocenters. The quantitative estimate of drug-likeness (QED) is 0.738. The van der Waals surface area contributed by atoms with Crippen molar-refractivity contribution >= 4 is 28.5 Å². The minimum absolute atomic E-state index is 0.113. The van der Waals surface area contributed by atoms with Gasteiger partial charge in [0.05, 0.1) is 41.1 Å². The Morgan fingerprint density at radius 1 is 1.10 bits per heavy atom. The van der Waals surface area contributed by atoms with E-state index in [4.69, 9.17) is 4.74 Å². The van der Waals surface area contributed by atoms with Gasteiger partial charge in [-0.25, -0.2) is 4.98 Å². The van der Waals surface area contributed by atoms with Crippen LogP contribution < -0.4 is 5.32 Å². The van der Waals surface area contributed by atoms with E-state index in [1.165, 1.54) is 0 Å². The third-order valence-electron chi connectivity index (χ3n) is 5.05. The molecule has 2 amide bonds. The number of anilines is 1. The predicted octanol–water partition coefficient (Wildman–Crippen LogP) is 2.31. The van der Waals surface area contributed by atoms with Gasteiger partial charge in [0.2, 0.25) is 0 Å². The Bertz CT molecular complexity index is 1100. The van der Waals surface area contributed by atoms with E-state index in [1.54, 1.807) is 47.0 Å². The van der Waals surface area contributed by atoms with E-state index >= 15 is 0 Å². The number of carbonyl (C=O) groups excluding carboxylic acids is 2. The Morgan fingerprint density at radius 2 is 1.83 bits per heavy atom. The summed E-state index contributed by atoms with van der Waals surface area (Å²) >= 11 is 0. The Balaban J connectivity index is 1.68. The molecular weight excluding hydrogens is 370 g/mol. The standard InChI is InChI=1S/C21H23N5O3/c1-13-12-16(18-14(2)24-25(3)19(18)22-13)20(27)23-17-7-5-4-6-15(17)21(28)26-8-10-29-11-9-26/h4-7,12H,8-11H2,1-3H3,(H,23,27). The smallest absolute Gasteiger partial charge is 0.256 e. The second-order valence-electron chi connectivity index (χ2n) is 7.12. The number of rotatable bonds is 3. The molecule has 0 bridgehead atoms. The molecule has 1 aliphatic heterocycles. The molecule has 3 aromatic rings. The molecule has 29 heavy (non-hydrogen) atoms. The van der Waals surface area contributed by atoms with Crippen LogP contribution in [0.1, 0.15) is 32.1 Å². The maximum absolute atomic E-state index is 13.2. The molecule has 1 aliphatic rings. The van der Waals surface area contributed by atoms with Crippen LogP contribution in [0.15, 0.2) is 30.3 Å². The number of hydrogen-bond acceptors (Lipinski definition) is 5. The zero-order chi connectivity index (χ0) is 20.5. The van der Waals surface area contributed by atoms with Crippen molar-refractivity contribution in [3.63, 3.8) is 0 Å². The van der Waals surface area contributed by atoms with Gasteiger partial charge in [-0.1, -0.05) is 12.1 Å². The monoisotopic (exact) mass is 393 g/mol. The number of aryl methyl sites for hydroxylation is 3. The number of para-hydroxylation sites is 1. The van der Waals surface area contributed by atoms with Crippen molar-refractivity contribution in [3.8, 4) is 0 Å². The first kappa shape index (κ1) is 19.1. The second-order valence-corrected chi connectivity index (χ2v) is 7.12. The molecule has 4 rings (SSSR count). The van der Waals surface area contributed by atoms with Gasteiger partial charge in [-0.05, 0) is 32.0 Å². The Hall–Kier alpha value is -3.26. The lowest BCUT2D eigenvalue weighted by Crippen LogP contribution is -2.41. The minimum atomic E-state index is -0.293. The fourth-order valence-electron chi connectivity index (χ4n) is 3.65. The van der Waals surface area contributed by atoms with Gasteiger partial charge in [0.15, 0.2) is 5.65 Å². The molecule has 1 aromatic carbocycles. The van der Waals surface area contributed by atoms with Crippen LogP contribution in [0, 0.1) is 13.8 Å². The number of nitrogens with one attached hydrogen (secondary N) is 1. The molecule has 8 nitrogen and oxygen atoms in total. The molecule has 0 spiro atoms. The van der Waals surface area contributed by atoms with Crippen molar-refractivity contribution in [1.29, 1.82) is 0 Å².